The minimum Gasteiger partial charge on any atom is -0.378 e. The first-order valence-electron chi connectivity index (χ1n) is 4.20. The monoisotopic (exact) mass is 195 g/mol. The van der Waals surface area contributed by atoms with Crippen molar-refractivity contribution < 1.29 is 4.92 Å². The zero-order chi connectivity index (χ0) is 10.1. The van der Waals surface area contributed by atoms with Gasteiger partial charge in [0, 0.05) is 6.04 Å². The topological polar surface area (TPSA) is 107 Å². The van der Waals surface area contributed by atoms with Crippen LogP contribution in [0.1, 0.15) is 12.8 Å². The molecule has 14 heavy (non-hydrogen) atoms. The molecule has 1 heterocycles. The van der Waals surface area contributed by atoms with Gasteiger partial charge in [0.15, 0.2) is 0 Å². The maximum absolute atomic E-state index is 10.7. The van der Waals surface area contributed by atoms with E-state index in [9.17, 15) is 10.1 Å². The number of anilines is 2. The number of aromatic nitrogens is 2. The zero-order valence-electron chi connectivity index (χ0n) is 7.30. The van der Waals surface area contributed by atoms with Gasteiger partial charge in [-0.25, -0.2) is 9.97 Å². The molecule has 1 aromatic rings. The Morgan fingerprint density at radius 3 is 2.86 bits per heavy atom. The highest BCUT2D eigenvalue weighted by Gasteiger charge is 2.27. The van der Waals surface area contributed by atoms with Crippen LogP contribution < -0.4 is 11.1 Å². The lowest BCUT2D eigenvalue weighted by molar-refractivity contribution is -0.383. The lowest BCUT2D eigenvalue weighted by Gasteiger charge is -2.04. The van der Waals surface area contributed by atoms with Crippen molar-refractivity contribution in [1.29, 1.82) is 0 Å². The quantitative estimate of drug-likeness (QED) is 0.538. The summed E-state index contributed by atoms with van der Waals surface area (Å²) in [7, 11) is 0. The van der Waals surface area contributed by atoms with Crippen molar-refractivity contribution in [2.24, 2.45) is 0 Å². The maximum atomic E-state index is 10.7. The zero-order valence-corrected chi connectivity index (χ0v) is 7.30. The number of hydrogen-bond acceptors (Lipinski definition) is 6. The van der Waals surface area contributed by atoms with Crippen LogP contribution in [0.15, 0.2) is 6.33 Å². The minimum absolute atomic E-state index is 0.104. The van der Waals surface area contributed by atoms with Crippen molar-refractivity contribution in [2.45, 2.75) is 18.9 Å². The Morgan fingerprint density at radius 1 is 1.57 bits per heavy atom. The van der Waals surface area contributed by atoms with Gasteiger partial charge in [-0.3, -0.25) is 10.1 Å². The Labute approximate surface area is 79.5 Å². The normalized spacial score (nSPS) is 15.1. The molecule has 1 aliphatic rings. The summed E-state index contributed by atoms with van der Waals surface area (Å²) in [6.07, 6.45) is 3.25. The van der Waals surface area contributed by atoms with E-state index in [-0.39, 0.29) is 17.3 Å². The first-order chi connectivity index (χ1) is 6.68. The second-order valence-electron chi connectivity index (χ2n) is 3.13. The summed E-state index contributed by atoms with van der Waals surface area (Å²) in [6, 6.07) is 0.294. The standard InChI is InChI=1S/C7H9N5O2/c8-6-5(12(13)14)7(10-3-9-6)11-4-1-2-4/h3-4H,1-2H2,(H3,8,9,10,11). The molecule has 74 valence electrons. The van der Waals surface area contributed by atoms with Gasteiger partial charge in [-0.2, -0.15) is 0 Å². The Hall–Kier alpha value is -1.92. The van der Waals surface area contributed by atoms with Crippen molar-refractivity contribution in [3.8, 4) is 0 Å². The third kappa shape index (κ3) is 1.56. The van der Waals surface area contributed by atoms with E-state index < -0.39 is 4.92 Å². The Kier molecular flexibility index (Phi) is 1.91. The minimum atomic E-state index is -0.569. The molecule has 1 fully saturated rings. The molecular formula is C7H9N5O2. The van der Waals surface area contributed by atoms with Gasteiger partial charge in [-0.15, -0.1) is 0 Å². The molecule has 0 aromatic carbocycles. The number of nitrogens with two attached hydrogens (primary N) is 1. The number of hydrogen-bond donors (Lipinski definition) is 2. The summed E-state index contributed by atoms with van der Waals surface area (Å²) < 4.78 is 0. The van der Waals surface area contributed by atoms with Crippen molar-refractivity contribution in [2.75, 3.05) is 11.1 Å². The van der Waals surface area contributed by atoms with Crippen LogP contribution in [0.3, 0.4) is 0 Å². The predicted molar refractivity (Wildman–Crippen MR) is 49.7 cm³/mol. The smallest absolute Gasteiger partial charge is 0.352 e. The summed E-state index contributed by atoms with van der Waals surface area (Å²) in [5, 5.41) is 13.6. The molecule has 0 spiro atoms. The first kappa shape index (κ1) is 8.67. The van der Waals surface area contributed by atoms with Crippen LogP contribution in [0, 0.1) is 10.1 Å². The molecular weight excluding hydrogens is 186 g/mol. The first-order valence-corrected chi connectivity index (χ1v) is 4.20. The third-order valence-electron chi connectivity index (χ3n) is 1.95. The average Bonchev–Trinajstić information content (AvgIpc) is 2.87. The van der Waals surface area contributed by atoms with E-state index in [0.717, 1.165) is 12.8 Å². The summed E-state index contributed by atoms with van der Waals surface area (Å²) in [5.41, 5.74) is 5.15. The molecule has 3 N–H and O–H groups in total. The lowest BCUT2D eigenvalue weighted by atomic mass is 10.4. The predicted octanol–water partition coefficient (Wildman–Crippen LogP) is 0.541. The molecule has 7 heteroatoms. The van der Waals surface area contributed by atoms with Crippen LogP contribution in [0.5, 0.6) is 0 Å². The Bertz CT molecular complexity index is 376. The van der Waals surface area contributed by atoms with E-state index in [1.807, 2.05) is 0 Å². The summed E-state index contributed by atoms with van der Waals surface area (Å²) in [5.74, 6) is 0.109. The molecule has 0 bridgehead atoms. The Balaban J connectivity index is 2.35. The molecule has 1 aliphatic carbocycles. The van der Waals surface area contributed by atoms with E-state index in [2.05, 4.69) is 15.3 Å². The number of nitro groups is 1. The lowest BCUT2D eigenvalue weighted by Crippen LogP contribution is -2.09. The van der Waals surface area contributed by atoms with Gasteiger partial charge < -0.3 is 11.1 Å². The second-order valence-corrected chi connectivity index (χ2v) is 3.13. The van der Waals surface area contributed by atoms with Gasteiger partial charge in [-0.1, -0.05) is 0 Å². The number of nitrogen functional groups attached to an aromatic ring is 1. The highest BCUT2D eigenvalue weighted by atomic mass is 16.6. The van der Waals surface area contributed by atoms with Gasteiger partial charge in [-0.05, 0) is 12.8 Å². The van der Waals surface area contributed by atoms with E-state index in [0.29, 0.717) is 6.04 Å². The Morgan fingerprint density at radius 2 is 2.29 bits per heavy atom. The number of rotatable bonds is 3. The van der Waals surface area contributed by atoms with Gasteiger partial charge >= 0.3 is 5.69 Å². The largest absolute Gasteiger partial charge is 0.378 e. The van der Waals surface area contributed by atoms with Gasteiger partial charge in [0.1, 0.15) is 6.33 Å². The highest BCUT2D eigenvalue weighted by Crippen LogP contribution is 2.31. The molecule has 7 nitrogen and oxygen atoms in total. The van der Waals surface area contributed by atoms with Gasteiger partial charge in [0.05, 0.1) is 4.92 Å². The van der Waals surface area contributed by atoms with Crippen LogP contribution >= 0.6 is 0 Å². The molecule has 2 rings (SSSR count). The van der Waals surface area contributed by atoms with E-state index in [4.69, 9.17) is 5.73 Å². The van der Waals surface area contributed by atoms with Crippen molar-refractivity contribution in [3.63, 3.8) is 0 Å². The van der Waals surface area contributed by atoms with Crippen LogP contribution in [-0.4, -0.2) is 20.9 Å². The molecule has 0 saturated heterocycles. The summed E-state index contributed by atoms with van der Waals surface area (Å²) >= 11 is 0. The maximum Gasteiger partial charge on any atom is 0.352 e. The molecule has 1 aromatic heterocycles. The van der Waals surface area contributed by atoms with Crippen molar-refractivity contribution in [3.05, 3.63) is 16.4 Å². The van der Waals surface area contributed by atoms with Crippen LogP contribution in [0.4, 0.5) is 17.3 Å². The number of nitrogens with one attached hydrogen (secondary N) is 1. The summed E-state index contributed by atoms with van der Waals surface area (Å²) in [4.78, 5) is 17.5. The third-order valence-corrected chi connectivity index (χ3v) is 1.95. The van der Waals surface area contributed by atoms with E-state index in [1.165, 1.54) is 6.33 Å². The molecule has 1 saturated carbocycles. The molecule has 0 atom stereocenters. The van der Waals surface area contributed by atoms with E-state index >= 15 is 0 Å². The van der Waals surface area contributed by atoms with Crippen LogP contribution in [0.25, 0.3) is 0 Å². The number of nitrogens with zero attached hydrogens (tertiary/aromatic N) is 3. The van der Waals surface area contributed by atoms with E-state index in [1.54, 1.807) is 0 Å². The van der Waals surface area contributed by atoms with Crippen LogP contribution in [-0.2, 0) is 0 Å². The average molecular weight is 195 g/mol. The van der Waals surface area contributed by atoms with Crippen molar-refractivity contribution in [1.82, 2.24) is 9.97 Å². The SMILES string of the molecule is Nc1ncnc(NC2CC2)c1[N+](=O)[O-]. The second kappa shape index (κ2) is 3.09. The fourth-order valence-electron chi connectivity index (χ4n) is 1.10. The molecule has 0 amide bonds. The summed E-state index contributed by atoms with van der Waals surface area (Å²) in [6.45, 7) is 0. The molecule has 0 radical (unpaired) electrons. The fraction of sp³-hybridized carbons (Fsp3) is 0.429. The highest BCUT2D eigenvalue weighted by molar-refractivity contribution is 5.67. The molecule has 0 unspecified atom stereocenters. The van der Waals surface area contributed by atoms with Crippen LogP contribution in [0.2, 0.25) is 0 Å². The van der Waals surface area contributed by atoms with Gasteiger partial charge in [0.25, 0.3) is 0 Å². The van der Waals surface area contributed by atoms with Gasteiger partial charge in [0.2, 0.25) is 11.6 Å². The van der Waals surface area contributed by atoms with Crippen molar-refractivity contribution >= 4 is 17.3 Å². The fourth-order valence-corrected chi connectivity index (χ4v) is 1.10. The molecule has 0 aliphatic heterocycles.